The molecular weight excluding hydrogens is 518 g/mol. The summed E-state index contributed by atoms with van der Waals surface area (Å²) in [5.41, 5.74) is 4.77. The molecule has 1 atom stereocenters. The van der Waals surface area contributed by atoms with Gasteiger partial charge in [-0.1, -0.05) is 66.2 Å². The first-order valence-electron chi connectivity index (χ1n) is 12.9. The van der Waals surface area contributed by atoms with E-state index in [1.54, 1.807) is 36.4 Å². The minimum Gasteiger partial charge on any atom is -0.325 e. The number of hydrogen-bond donors (Lipinski definition) is 3. The Kier molecular flexibility index (Phi) is 9.54. The number of benzene rings is 4. The lowest BCUT2D eigenvalue weighted by Crippen LogP contribution is -2.30. The molecule has 0 aliphatic rings. The average molecular weight is 550 g/mol. The molecule has 7 heteroatoms. The lowest BCUT2D eigenvalue weighted by atomic mass is 10.1. The first kappa shape index (κ1) is 28.4. The van der Waals surface area contributed by atoms with Crippen molar-refractivity contribution in [2.45, 2.75) is 30.9 Å². The van der Waals surface area contributed by atoms with Crippen LogP contribution < -0.4 is 16.0 Å². The van der Waals surface area contributed by atoms with Crippen molar-refractivity contribution in [2.75, 3.05) is 10.6 Å². The van der Waals surface area contributed by atoms with Crippen LogP contribution in [0.4, 0.5) is 11.4 Å². The van der Waals surface area contributed by atoms with Gasteiger partial charge in [-0.2, -0.15) is 0 Å². The van der Waals surface area contributed by atoms with E-state index < -0.39 is 5.91 Å². The highest BCUT2D eigenvalue weighted by Gasteiger charge is 2.17. The monoisotopic (exact) mass is 549 g/mol. The molecule has 0 radical (unpaired) electrons. The summed E-state index contributed by atoms with van der Waals surface area (Å²) >= 11 is 1.39. The number of aryl methyl sites for hydroxylation is 2. The second-order valence-corrected chi connectivity index (χ2v) is 10.7. The Morgan fingerprint density at radius 3 is 2.17 bits per heavy atom. The molecule has 0 aliphatic carbocycles. The van der Waals surface area contributed by atoms with Crippen molar-refractivity contribution in [3.8, 4) is 0 Å². The summed E-state index contributed by atoms with van der Waals surface area (Å²) in [5, 5.41) is 8.23. The molecule has 4 aromatic rings. The molecule has 4 rings (SSSR count). The second-order valence-electron chi connectivity index (χ2n) is 9.33. The molecule has 6 nitrogen and oxygen atoms in total. The normalized spacial score (nSPS) is 11.8. The maximum Gasteiger partial charge on any atom is 0.272 e. The Morgan fingerprint density at radius 1 is 0.750 bits per heavy atom. The number of nitrogens with one attached hydrogen (secondary N) is 3. The molecule has 1 unspecified atom stereocenters. The topological polar surface area (TPSA) is 87.3 Å². The van der Waals surface area contributed by atoms with Gasteiger partial charge in [-0.25, -0.2) is 0 Å². The van der Waals surface area contributed by atoms with Crippen LogP contribution in [0.25, 0.3) is 6.08 Å². The molecule has 0 aromatic heterocycles. The molecule has 0 heterocycles. The molecule has 0 saturated heterocycles. The third-order valence-corrected chi connectivity index (χ3v) is 7.20. The van der Waals surface area contributed by atoms with Gasteiger partial charge in [0.05, 0.1) is 5.25 Å². The molecule has 4 aromatic carbocycles. The van der Waals surface area contributed by atoms with Gasteiger partial charge >= 0.3 is 0 Å². The molecule has 0 fully saturated rings. The molecule has 202 valence electrons. The molecular formula is C33H31N3O3S. The largest absolute Gasteiger partial charge is 0.325 e. The van der Waals surface area contributed by atoms with E-state index in [0.717, 1.165) is 27.3 Å². The van der Waals surface area contributed by atoms with E-state index in [2.05, 4.69) is 16.0 Å². The van der Waals surface area contributed by atoms with Crippen LogP contribution >= 0.6 is 11.8 Å². The zero-order valence-electron chi connectivity index (χ0n) is 22.6. The van der Waals surface area contributed by atoms with Crippen LogP contribution in [-0.4, -0.2) is 23.0 Å². The molecule has 3 amide bonds. The van der Waals surface area contributed by atoms with Crippen LogP contribution in [0.3, 0.4) is 0 Å². The van der Waals surface area contributed by atoms with Crippen molar-refractivity contribution in [2.24, 2.45) is 0 Å². The summed E-state index contributed by atoms with van der Waals surface area (Å²) < 4.78 is 0. The van der Waals surface area contributed by atoms with Gasteiger partial charge in [0, 0.05) is 21.8 Å². The van der Waals surface area contributed by atoms with Crippen LogP contribution in [0, 0.1) is 13.8 Å². The van der Waals surface area contributed by atoms with E-state index in [0.29, 0.717) is 11.3 Å². The van der Waals surface area contributed by atoms with Crippen LogP contribution in [0.5, 0.6) is 0 Å². The minimum absolute atomic E-state index is 0.115. The van der Waals surface area contributed by atoms with Crippen molar-refractivity contribution in [1.82, 2.24) is 5.32 Å². The number of amides is 3. The van der Waals surface area contributed by atoms with Gasteiger partial charge in [-0.3, -0.25) is 14.4 Å². The molecule has 0 spiro atoms. The van der Waals surface area contributed by atoms with E-state index in [9.17, 15) is 14.4 Å². The molecule has 0 bridgehead atoms. The van der Waals surface area contributed by atoms with Gasteiger partial charge in [0.15, 0.2) is 0 Å². The van der Waals surface area contributed by atoms with Gasteiger partial charge in [-0.05, 0) is 80.4 Å². The lowest BCUT2D eigenvalue weighted by molar-refractivity contribution is -0.115. The van der Waals surface area contributed by atoms with Crippen LogP contribution in [0.2, 0.25) is 0 Å². The summed E-state index contributed by atoms with van der Waals surface area (Å²) in [5.74, 6) is -0.955. The fourth-order valence-corrected chi connectivity index (χ4v) is 4.76. The third-order valence-electron chi connectivity index (χ3n) is 6.11. The van der Waals surface area contributed by atoms with E-state index >= 15 is 0 Å². The Morgan fingerprint density at radius 2 is 1.45 bits per heavy atom. The van der Waals surface area contributed by atoms with Crippen molar-refractivity contribution in [1.29, 1.82) is 0 Å². The van der Waals surface area contributed by atoms with E-state index in [1.165, 1.54) is 11.8 Å². The zero-order valence-corrected chi connectivity index (χ0v) is 23.4. The molecule has 40 heavy (non-hydrogen) atoms. The standard InChI is InChI=1S/C33H31N3O3S/c1-22-16-18-27(19-17-22)34-31(37)24(3)40-29-15-9-14-28(21-29)35-33(39)30(20-26-13-8-7-10-23(26)2)36-32(38)25-11-5-4-6-12-25/h4-21,24H,1-3H3,(H,34,37)(H,35,39)(H,36,38)/b30-20-. The first-order chi connectivity index (χ1) is 19.3. The average Bonchev–Trinajstić information content (AvgIpc) is 2.95. The minimum atomic E-state index is -0.458. The highest BCUT2D eigenvalue weighted by Crippen LogP contribution is 2.27. The van der Waals surface area contributed by atoms with Crippen molar-refractivity contribution >= 4 is 46.9 Å². The highest BCUT2D eigenvalue weighted by molar-refractivity contribution is 8.00. The third kappa shape index (κ3) is 7.94. The van der Waals surface area contributed by atoms with Crippen LogP contribution in [0.1, 0.15) is 34.0 Å². The maximum atomic E-state index is 13.4. The number of anilines is 2. The van der Waals surface area contributed by atoms with Crippen LogP contribution in [-0.2, 0) is 9.59 Å². The van der Waals surface area contributed by atoms with Gasteiger partial charge in [0.25, 0.3) is 11.8 Å². The van der Waals surface area contributed by atoms with Gasteiger partial charge in [0.2, 0.25) is 5.91 Å². The Labute approximate surface area is 238 Å². The van der Waals surface area contributed by atoms with Crippen molar-refractivity contribution in [3.63, 3.8) is 0 Å². The fraction of sp³-hybridized carbons (Fsp3) is 0.121. The molecule has 3 N–H and O–H groups in total. The number of rotatable bonds is 9. The summed E-state index contributed by atoms with van der Waals surface area (Å²) in [6, 6.07) is 31.3. The number of thioether (sulfide) groups is 1. The lowest BCUT2D eigenvalue weighted by Gasteiger charge is -2.14. The van der Waals surface area contributed by atoms with Gasteiger partial charge in [0.1, 0.15) is 5.70 Å². The Bertz CT molecular complexity index is 1530. The number of carbonyl (C=O) groups is 3. The zero-order chi connectivity index (χ0) is 28.5. The quantitative estimate of drug-likeness (QED) is 0.158. The summed E-state index contributed by atoms with van der Waals surface area (Å²) in [6.07, 6.45) is 1.67. The molecule has 0 saturated carbocycles. The smallest absolute Gasteiger partial charge is 0.272 e. The number of carbonyl (C=O) groups excluding carboxylic acids is 3. The predicted molar refractivity (Wildman–Crippen MR) is 163 cm³/mol. The summed E-state index contributed by atoms with van der Waals surface area (Å²) in [7, 11) is 0. The predicted octanol–water partition coefficient (Wildman–Crippen LogP) is 6.83. The number of hydrogen-bond acceptors (Lipinski definition) is 4. The van der Waals surface area contributed by atoms with Gasteiger partial charge < -0.3 is 16.0 Å². The molecule has 0 aliphatic heterocycles. The summed E-state index contributed by atoms with van der Waals surface area (Å²) in [4.78, 5) is 39.8. The SMILES string of the molecule is Cc1ccc(NC(=O)C(C)Sc2cccc(NC(=O)/C(=C/c3ccccc3C)NC(=O)c3ccccc3)c2)cc1. The fourth-order valence-electron chi connectivity index (χ4n) is 3.83. The highest BCUT2D eigenvalue weighted by atomic mass is 32.2. The van der Waals surface area contributed by atoms with E-state index in [-0.39, 0.29) is 22.8 Å². The van der Waals surface area contributed by atoms with Crippen molar-refractivity contribution < 1.29 is 14.4 Å². The summed E-state index contributed by atoms with van der Waals surface area (Å²) in [6.45, 7) is 5.77. The Hall–Kier alpha value is -4.62. The maximum absolute atomic E-state index is 13.4. The Balaban J connectivity index is 1.48. The van der Waals surface area contributed by atoms with E-state index in [4.69, 9.17) is 0 Å². The van der Waals surface area contributed by atoms with Crippen molar-refractivity contribution in [3.05, 3.63) is 131 Å². The van der Waals surface area contributed by atoms with Crippen LogP contribution in [0.15, 0.2) is 114 Å². The second kappa shape index (κ2) is 13.4. The van der Waals surface area contributed by atoms with Gasteiger partial charge in [-0.15, -0.1) is 11.8 Å². The van der Waals surface area contributed by atoms with E-state index in [1.807, 2.05) is 93.6 Å². The first-order valence-corrected chi connectivity index (χ1v) is 13.8.